The molecule has 15 heteroatoms. The van der Waals surface area contributed by atoms with Crippen LogP contribution >= 0.6 is 0 Å². The smallest absolute Gasteiger partial charge is 0.326 e. The SMILES string of the molecule is NC(Cc1cnc[nH]1)C(=O)NC(Cc1ccc(O)cc1)C(=O)NC(Cc1c[nH]c2ccccc12)C(=O)NC(Cc1cnc[nH]1)C(=O)O. The normalized spacial score (nSPS) is 13.7. The van der Waals surface area contributed by atoms with Crippen LogP contribution in [0.25, 0.3) is 10.9 Å². The Kier molecular flexibility index (Phi) is 10.3. The van der Waals surface area contributed by atoms with E-state index in [2.05, 4.69) is 40.9 Å². The van der Waals surface area contributed by atoms with Crippen LogP contribution in [0.15, 0.2) is 79.8 Å². The van der Waals surface area contributed by atoms with Gasteiger partial charge in [-0.15, -0.1) is 0 Å². The van der Waals surface area contributed by atoms with Gasteiger partial charge in [0.05, 0.1) is 18.7 Å². The van der Waals surface area contributed by atoms with E-state index in [1.54, 1.807) is 24.5 Å². The number of nitrogens with one attached hydrogen (secondary N) is 6. The molecule has 0 aliphatic rings. The monoisotopic (exact) mass is 641 g/mol. The zero-order chi connectivity index (χ0) is 33.3. The first-order valence-corrected chi connectivity index (χ1v) is 14.8. The Morgan fingerprint density at radius 2 is 1.32 bits per heavy atom. The largest absolute Gasteiger partial charge is 0.508 e. The molecule has 0 aliphatic carbocycles. The summed E-state index contributed by atoms with van der Waals surface area (Å²) in [5.41, 5.74) is 9.42. The third kappa shape index (κ3) is 8.61. The van der Waals surface area contributed by atoms with Crippen molar-refractivity contribution in [2.75, 3.05) is 0 Å². The first kappa shape index (κ1) is 32.4. The highest BCUT2D eigenvalue weighted by molar-refractivity contribution is 5.95. The van der Waals surface area contributed by atoms with Crippen LogP contribution in [0.5, 0.6) is 5.75 Å². The maximum absolute atomic E-state index is 13.9. The molecule has 4 atom stereocenters. The summed E-state index contributed by atoms with van der Waals surface area (Å²) >= 11 is 0. The second-order valence-corrected chi connectivity index (χ2v) is 11.1. The summed E-state index contributed by atoms with van der Waals surface area (Å²) in [6, 6.07) is 8.80. The molecule has 0 radical (unpaired) electrons. The van der Waals surface area contributed by atoms with Gasteiger partial charge in [-0.25, -0.2) is 14.8 Å². The van der Waals surface area contributed by atoms with Gasteiger partial charge in [0.15, 0.2) is 0 Å². The number of phenols is 1. The minimum atomic E-state index is -1.32. The van der Waals surface area contributed by atoms with Crippen molar-refractivity contribution in [1.29, 1.82) is 0 Å². The molecule has 5 aromatic rings. The lowest BCUT2D eigenvalue weighted by molar-refractivity contribution is -0.142. The van der Waals surface area contributed by atoms with Crippen molar-refractivity contribution in [3.63, 3.8) is 0 Å². The van der Waals surface area contributed by atoms with Gasteiger partial charge in [-0.3, -0.25) is 14.4 Å². The second kappa shape index (κ2) is 14.9. The number of amides is 3. The van der Waals surface area contributed by atoms with E-state index in [0.29, 0.717) is 22.5 Å². The molecule has 4 unspecified atom stereocenters. The predicted octanol–water partition coefficient (Wildman–Crippen LogP) is 0.457. The van der Waals surface area contributed by atoms with E-state index in [1.165, 1.54) is 31.0 Å². The number of fused-ring (bicyclic) bond motifs is 1. The second-order valence-electron chi connectivity index (χ2n) is 11.1. The van der Waals surface area contributed by atoms with Crippen LogP contribution < -0.4 is 21.7 Å². The van der Waals surface area contributed by atoms with E-state index in [9.17, 15) is 29.4 Å². The van der Waals surface area contributed by atoms with Crippen molar-refractivity contribution in [3.8, 4) is 5.75 Å². The number of carbonyl (C=O) groups is 4. The van der Waals surface area contributed by atoms with Crippen LogP contribution in [0, 0.1) is 0 Å². The predicted molar refractivity (Wildman–Crippen MR) is 170 cm³/mol. The number of aromatic hydroxyl groups is 1. The number of aromatic nitrogens is 5. The van der Waals surface area contributed by atoms with Crippen LogP contribution in [0.2, 0.25) is 0 Å². The van der Waals surface area contributed by atoms with E-state index in [4.69, 9.17) is 5.73 Å². The van der Waals surface area contributed by atoms with Crippen molar-refractivity contribution in [2.45, 2.75) is 49.9 Å². The Morgan fingerprint density at radius 1 is 0.723 bits per heavy atom. The van der Waals surface area contributed by atoms with Crippen molar-refractivity contribution < 1.29 is 29.4 Å². The summed E-state index contributed by atoms with van der Waals surface area (Å²) in [7, 11) is 0. The minimum absolute atomic E-state index is 0.00757. The Bertz CT molecular complexity index is 1800. The van der Waals surface area contributed by atoms with E-state index >= 15 is 0 Å². The molecule has 15 nitrogen and oxygen atoms in total. The van der Waals surface area contributed by atoms with Crippen molar-refractivity contribution in [2.24, 2.45) is 5.73 Å². The average Bonchev–Trinajstić information content (AvgIpc) is 3.84. The zero-order valence-electron chi connectivity index (χ0n) is 25.1. The Hall–Kier alpha value is -5.96. The fourth-order valence-electron chi connectivity index (χ4n) is 5.17. The summed E-state index contributed by atoms with van der Waals surface area (Å²) < 4.78 is 0. The van der Waals surface area contributed by atoms with Gasteiger partial charge in [0.2, 0.25) is 17.7 Å². The number of nitrogens with zero attached hydrogens (tertiary/aromatic N) is 2. The summed E-state index contributed by atoms with van der Waals surface area (Å²) in [5.74, 6) is -3.28. The highest BCUT2D eigenvalue weighted by atomic mass is 16.4. The average molecular weight is 642 g/mol. The maximum atomic E-state index is 13.9. The number of rotatable bonds is 15. The molecule has 3 heterocycles. The number of aliphatic carboxylic acids is 1. The summed E-state index contributed by atoms with van der Waals surface area (Å²) in [5, 5.41) is 28.4. The lowest BCUT2D eigenvalue weighted by Crippen LogP contribution is -2.58. The standard InChI is InChI=1S/C32H35N9O6/c33-24(11-20-14-34-16-37-20)29(43)39-26(9-18-5-7-22(42)8-6-18)30(44)40-27(10-19-13-36-25-4-2-1-3-23(19)25)31(45)41-28(32(46)47)12-21-15-35-17-38-21/h1-8,13-17,24,26-28,36,42H,9-12,33H2,(H,34,37)(H,35,38)(H,39,43)(H,40,44)(H,41,45)(H,46,47). The topological polar surface area (TPSA) is 244 Å². The van der Waals surface area contributed by atoms with Crippen LogP contribution in [0.4, 0.5) is 0 Å². The third-order valence-corrected chi connectivity index (χ3v) is 7.67. The molecule has 0 saturated heterocycles. The minimum Gasteiger partial charge on any atom is -0.508 e. The number of hydrogen-bond acceptors (Lipinski definition) is 8. The van der Waals surface area contributed by atoms with E-state index < -0.39 is 47.9 Å². The molecule has 0 saturated carbocycles. The molecule has 244 valence electrons. The summed E-state index contributed by atoms with van der Waals surface area (Å²) in [4.78, 5) is 69.6. The number of carboxylic acids is 1. The number of H-pyrrole nitrogens is 3. The Morgan fingerprint density at radius 3 is 1.96 bits per heavy atom. The van der Waals surface area contributed by atoms with Crippen molar-refractivity contribution >= 4 is 34.6 Å². The molecule has 3 aromatic heterocycles. The number of para-hydroxylation sites is 1. The fourth-order valence-corrected chi connectivity index (χ4v) is 5.17. The number of carboxylic acid groups (broad SMARTS) is 1. The van der Waals surface area contributed by atoms with Gasteiger partial charge >= 0.3 is 5.97 Å². The first-order valence-electron chi connectivity index (χ1n) is 14.8. The Labute approximate surface area is 268 Å². The summed E-state index contributed by atoms with van der Waals surface area (Å²) in [6.45, 7) is 0. The van der Waals surface area contributed by atoms with Gasteiger partial charge in [-0.2, -0.15) is 0 Å². The molecule has 2 aromatic carbocycles. The van der Waals surface area contributed by atoms with Gasteiger partial charge in [0.1, 0.15) is 23.9 Å². The number of aromatic amines is 3. The number of hydrogen-bond donors (Lipinski definition) is 9. The number of benzene rings is 2. The summed E-state index contributed by atoms with van der Waals surface area (Å²) in [6.07, 6.45) is 7.68. The van der Waals surface area contributed by atoms with E-state index in [0.717, 1.165) is 10.9 Å². The quantitative estimate of drug-likeness (QED) is 0.0769. The molecule has 10 N–H and O–H groups in total. The highest BCUT2D eigenvalue weighted by Crippen LogP contribution is 2.20. The van der Waals surface area contributed by atoms with Gasteiger partial charge in [0, 0.05) is 66.6 Å². The van der Waals surface area contributed by atoms with Gasteiger partial charge in [0.25, 0.3) is 0 Å². The van der Waals surface area contributed by atoms with Crippen LogP contribution in [0.1, 0.15) is 22.5 Å². The number of phenolic OH excluding ortho intramolecular Hbond substituents is 1. The number of carbonyl (C=O) groups excluding carboxylic acids is 3. The van der Waals surface area contributed by atoms with Gasteiger partial charge in [-0.1, -0.05) is 30.3 Å². The van der Waals surface area contributed by atoms with Gasteiger partial charge < -0.3 is 46.8 Å². The van der Waals surface area contributed by atoms with E-state index in [-0.39, 0.29) is 31.4 Å². The zero-order valence-corrected chi connectivity index (χ0v) is 25.1. The molecule has 0 fully saturated rings. The van der Waals surface area contributed by atoms with Crippen LogP contribution in [-0.2, 0) is 44.9 Å². The van der Waals surface area contributed by atoms with E-state index in [1.807, 2.05) is 24.3 Å². The third-order valence-electron chi connectivity index (χ3n) is 7.67. The molecular formula is C32H35N9O6. The molecule has 5 rings (SSSR count). The van der Waals surface area contributed by atoms with Crippen LogP contribution in [-0.4, -0.2) is 83.0 Å². The van der Waals surface area contributed by atoms with Crippen molar-refractivity contribution in [1.82, 2.24) is 40.9 Å². The lowest BCUT2D eigenvalue weighted by Gasteiger charge is -2.25. The maximum Gasteiger partial charge on any atom is 0.326 e. The fraction of sp³-hybridized carbons (Fsp3) is 0.250. The molecule has 47 heavy (non-hydrogen) atoms. The molecular weight excluding hydrogens is 606 g/mol. The Balaban J connectivity index is 1.39. The molecule has 0 aliphatic heterocycles. The molecule has 3 amide bonds. The molecule has 0 spiro atoms. The highest BCUT2D eigenvalue weighted by Gasteiger charge is 2.31. The van der Waals surface area contributed by atoms with Crippen LogP contribution in [0.3, 0.4) is 0 Å². The molecule has 0 bridgehead atoms. The lowest BCUT2D eigenvalue weighted by atomic mass is 10.0. The first-order chi connectivity index (χ1) is 22.7. The van der Waals surface area contributed by atoms with Crippen molar-refractivity contribution in [3.05, 3.63) is 102 Å². The number of imidazole rings is 2. The number of nitrogens with two attached hydrogens (primary N) is 1. The van der Waals surface area contributed by atoms with Gasteiger partial charge in [-0.05, 0) is 29.3 Å².